The lowest BCUT2D eigenvalue weighted by Crippen LogP contribution is -2.42. The van der Waals surface area contributed by atoms with Crippen molar-refractivity contribution in [1.29, 1.82) is 0 Å². The van der Waals surface area contributed by atoms with Crippen LogP contribution in [0.3, 0.4) is 0 Å². The van der Waals surface area contributed by atoms with Gasteiger partial charge in [0.15, 0.2) is 0 Å². The van der Waals surface area contributed by atoms with Crippen molar-refractivity contribution in [1.82, 2.24) is 15.2 Å². The molecule has 1 N–H and O–H groups in total. The highest BCUT2D eigenvalue weighted by Gasteiger charge is 2.21. The zero-order chi connectivity index (χ0) is 19.9. The quantitative estimate of drug-likeness (QED) is 0.706. The van der Waals surface area contributed by atoms with Crippen molar-refractivity contribution in [3.05, 3.63) is 59.5 Å². The summed E-state index contributed by atoms with van der Waals surface area (Å²) in [6, 6.07) is 10.00. The number of aromatic nitrogens is 1. The number of halogens is 1. The van der Waals surface area contributed by atoms with Gasteiger partial charge >= 0.3 is 0 Å². The van der Waals surface area contributed by atoms with Crippen LogP contribution in [0.2, 0.25) is 0 Å². The number of benzene rings is 1. The largest absolute Gasteiger partial charge is 0.351 e. The van der Waals surface area contributed by atoms with Crippen molar-refractivity contribution in [2.24, 2.45) is 11.8 Å². The van der Waals surface area contributed by atoms with Crippen LogP contribution in [0.25, 0.3) is 0 Å². The molecule has 2 aromatic rings. The monoisotopic (exact) mass is 401 g/mol. The van der Waals surface area contributed by atoms with Gasteiger partial charge in [-0.3, -0.25) is 4.79 Å². The maximum Gasteiger partial charge on any atom is 0.254 e. The molecular formula is C22H28FN3OS. The van der Waals surface area contributed by atoms with Crippen LogP contribution in [0.1, 0.15) is 36.2 Å². The van der Waals surface area contributed by atoms with Gasteiger partial charge in [0, 0.05) is 38.1 Å². The van der Waals surface area contributed by atoms with Crippen LogP contribution in [0.5, 0.6) is 0 Å². The average molecular weight is 402 g/mol. The van der Waals surface area contributed by atoms with Crippen molar-refractivity contribution < 1.29 is 9.18 Å². The summed E-state index contributed by atoms with van der Waals surface area (Å²) in [6.07, 6.45) is 2.98. The number of rotatable bonds is 7. The minimum atomic E-state index is -0.246. The molecule has 1 saturated heterocycles. The van der Waals surface area contributed by atoms with E-state index in [9.17, 15) is 9.18 Å². The highest BCUT2D eigenvalue weighted by atomic mass is 32.2. The molecule has 0 aliphatic carbocycles. The second-order valence-electron chi connectivity index (χ2n) is 7.73. The smallest absolute Gasteiger partial charge is 0.254 e. The molecule has 0 spiro atoms. The SMILES string of the molecule is CC1CC(C)CN(CCNC(=O)c2cccnc2SCc2ccc(F)cc2)C1. The van der Waals surface area contributed by atoms with E-state index in [0.29, 0.717) is 34.7 Å². The summed E-state index contributed by atoms with van der Waals surface area (Å²) in [5.74, 6) is 1.73. The van der Waals surface area contributed by atoms with Crippen molar-refractivity contribution in [3.63, 3.8) is 0 Å². The number of nitrogens with one attached hydrogen (secondary N) is 1. The number of carbonyl (C=O) groups is 1. The Balaban J connectivity index is 1.52. The fourth-order valence-corrected chi connectivity index (χ4v) is 4.76. The van der Waals surface area contributed by atoms with E-state index in [1.807, 2.05) is 0 Å². The highest BCUT2D eigenvalue weighted by Crippen LogP contribution is 2.24. The molecular weight excluding hydrogens is 373 g/mol. The Labute approximate surface area is 170 Å². The van der Waals surface area contributed by atoms with Crippen molar-refractivity contribution in [3.8, 4) is 0 Å². The van der Waals surface area contributed by atoms with Crippen LogP contribution < -0.4 is 5.32 Å². The van der Waals surface area contributed by atoms with Gasteiger partial charge in [0.2, 0.25) is 0 Å². The van der Waals surface area contributed by atoms with E-state index in [2.05, 4.69) is 29.0 Å². The van der Waals surface area contributed by atoms with Gasteiger partial charge < -0.3 is 10.2 Å². The summed E-state index contributed by atoms with van der Waals surface area (Å²) in [5, 5.41) is 3.74. The van der Waals surface area contributed by atoms with Gasteiger partial charge in [-0.2, -0.15) is 0 Å². The lowest BCUT2D eigenvalue weighted by molar-refractivity contribution is 0.0933. The molecule has 28 heavy (non-hydrogen) atoms. The van der Waals surface area contributed by atoms with Gasteiger partial charge in [-0.05, 0) is 48.1 Å². The number of nitrogens with zero attached hydrogens (tertiary/aromatic N) is 2. The summed E-state index contributed by atoms with van der Waals surface area (Å²) in [4.78, 5) is 19.5. The lowest BCUT2D eigenvalue weighted by atomic mass is 9.92. The number of likely N-dealkylation sites (tertiary alicyclic amines) is 1. The molecule has 1 amide bonds. The molecule has 6 heteroatoms. The summed E-state index contributed by atoms with van der Waals surface area (Å²) in [6.45, 7) is 8.30. The van der Waals surface area contributed by atoms with Crippen LogP contribution in [0.15, 0.2) is 47.6 Å². The Hall–Kier alpha value is -1.92. The molecule has 2 heterocycles. The molecule has 3 rings (SSSR count). The molecule has 1 aromatic heterocycles. The predicted octanol–water partition coefficient (Wildman–Crippen LogP) is 4.22. The van der Waals surface area contributed by atoms with Crippen LogP contribution in [-0.2, 0) is 5.75 Å². The Morgan fingerprint density at radius 2 is 1.93 bits per heavy atom. The van der Waals surface area contributed by atoms with Crippen LogP contribution in [0, 0.1) is 17.7 Å². The number of pyridine rings is 1. The second-order valence-corrected chi connectivity index (χ2v) is 8.70. The van der Waals surface area contributed by atoms with Gasteiger partial charge in [-0.1, -0.05) is 26.0 Å². The zero-order valence-corrected chi connectivity index (χ0v) is 17.3. The lowest BCUT2D eigenvalue weighted by Gasteiger charge is -2.34. The molecule has 4 nitrogen and oxygen atoms in total. The molecule has 0 saturated carbocycles. The third kappa shape index (κ3) is 6.04. The molecule has 0 radical (unpaired) electrons. The van der Waals surface area contributed by atoms with Gasteiger partial charge in [0.05, 0.1) is 5.56 Å². The summed E-state index contributed by atoms with van der Waals surface area (Å²) >= 11 is 1.49. The number of thioether (sulfide) groups is 1. The molecule has 150 valence electrons. The average Bonchev–Trinajstić information content (AvgIpc) is 2.67. The van der Waals surface area contributed by atoms with Crippen molar-refractivity contribution in [2.75, 3.05) is 26.2 Å². The minimum Gasteiger partial charge on any atom is -0.351 e. The first kappa shape index (κ1) is 20.8. The first-order chi connectivity index (χ1) is 13.5. The number of amides is 1. The molecule has 0 bridgehead atoms. The number of hydrogen-bond donors (Lipinski definition) is 1. The number of piperidine rings is 1. The van der Waals surface area contributed by atoms with E-state index in [4.69, 9.17) is 0 Å². The van der Waals surface area contributed by atoms with Crippen molar-refractivity contribution in [2.45, 2.75) is 31.0 Å². The number of carbonyl (C=O) groups excluding carboxylic acids is 1. The van der Waals surface area contributed by atoms with Crippen molar-refractivity contribution >= 4 is 17.7 Å². The fraction of sp³-hybridized carbons (Fsp3) is 0.455. The molecule has 1 aliphatic rings. The Morgan fingerprint density at radius 3 is 2.64 bits per heavy atom. The number of hydrogen-bond acceptors (Lipinski definition) is 4. The summed E-state index contributed by atoms with van der Waals surface area (Å²) in [7, 11) is 0. The minimum absolute atomic E-state index is 0.0900. The van der Waals surface area contributed by atoms with Gasteiger partial charge in [0.1, 0.15) is 10.8 Å². The molecule has 2 unspecified atom stereocenters. The van der Waals surface area contributed by atoms with Crippen LogP contribution in [0.4, 0.5) is 4.39 Å². The van der Waals surface area contributed by atoms with E-state index in [1.54, 1.807) is 30.5 Å². The van der Waals surface area contributed by atoms with Crippen LogP contribution >= 0.6 is 11.8 Å². The zero-order valence-electron chi connectivity index (χ0n) is 16.5. The Morgan fingerprint density at radius 1 is 1.21 bits per heavy atom. The van der Waals surface area contributed by atoms with E-state index in [0.717, 1.165) is 25.2 Å². The van der Waals surface area contributed by atoms with E-state index >= 15 is 0 Å². The maximum atomic E-state index is 13.0. The predicted molar refractivity (Wildman–Crippen MR) is 112 cm³/mol. The Bertz CT molecular complexity index is 774. The normalized spacial score (nSPS) is 20.1. The fourth-order valence-electron chi connectivity index (χ4n) is 3.81. The third-order valence-corrected chi connectivity index (χ3v) is 6.04. The molecule has 1 aromatic carbocycles. The molecule has 1 aliphatic heterocycles. The molecule has 2 atom stereocenters. The standard InChI is InChI=1S/C22H28FN3OS/c1-16-12-17(2)14-26(13-16)11-10-24-21(27)20-4-3-9-25-22(20)28-15-18-5-7-19(23)8-6-18/h3-9,16-17H,10-15H2,1-2H3,(H,24,27). The van der Waals surface area contributed by atoms with Gasteiger partial charge in [0.25, 0.3) is 5.91 Å². The van der Waals surface area contributed by atoms with E-state index in [1.165, 1.54) is 30.3 Å². The first-order valence-electron chi connectivity index (χ1n) is 9.84. The first-order valence-corrected chi connectivity index (χ1v) is 10.8. The maximum absolute atomic E-state index is 13.0. The van der Waals surface area contributed by atoms with Crippen LogP contribution in [-0.4, -0.2) is 42.0 Å². The topological polar surface area (TPSA) is 45.2 Å². The van der Waals surface area contributed by atoms with Gasteiger partial charge in [-0.15, -0.1) is 11.8 Å². The Kier molecular flexibility index (Phi) is 7.45. The van der Waals surface area contributed by atoms with E-state index in [-0.39, 0.29) is 11.7 Å². The third-order valence-electron chi connectivity index (χ3n) is 4.96. The molecule has 1 fully saturated rings. The van der Waals surface area contributed by atoms with E-state index < -0.39 is 0 Å². The summed E-state index contributed by atoms with van der Waals surface area (Å²) in [5.41, 5.74) is 1.59. The highest BCUT2D eigenvalue weighted by molar-refractivity contribution is 7.98. The second kappa shape index (κ2) is 10.0. The van der Waals surface area contributed by atoms with Gasteiger partial charge in [-0.25, -0.2) is 9.37 Å². The summed E-state index contributed by atoms with van der Waals surface area (Å²) < 4.78 is 13.0.